The molecule has 0 radical (unpaired) electrons. The maximum absolute atomic E-state index is 12.6. The minimum atomic E-state index is -0.402. The maximum atomic E-state index is 12.6. The number of ether oxygens (including phenoxy) is 2. The first-order valence-electron chi connectivity index (χ1n) is 10.0. The predicted molar refractivity (Wildman–Crippen MR) is 123 cm³/mol. The summed E-state index contributed by atoms with van der Waals surface area (Å²) >= 11 is 1.72. The summed E-state index contributed by atoms with van der Waals surface area (Å²) in [6.45, 7) is 2.04. The van der Waals surface area contributed by atoms with Gasteiger partial charge in [-0.05, 0) is 48.9 Å². The highest BCUT2D eigenvalue weighted by Crippen LogP contribution is 2.34. The smallest absolute Gasteiger partial charge is 0.246 e. The number of anilines is 2. The number of amides is 1. The lowest BCUT2D eigenvalue weighted by Crippen LogP contribution is -2.31. The largest absolute Gasteiger partial charge is 0.454 e. The van der Waals surface area contributed by atoms with Gasteiger partial charge in [0.25, 0.3) is 0 Å². The highest BCUT2D eigenvalue weighted by Gasteiger charge is 2.17. The fourth-order valence-corrected chi connectivity index (χ4v) is 4.43. The van der Waals surface area contributed by atoms with E-state index < -0.39 is 6.04 Å². The fourth-order valence-electron chi connectivity index (χ4n) is 3.43. The molecule has 156 valence electrons. The molecular formula is C24H21N3O3S. The third-order valence-electron chi connectivity index (χ3n) is 5.06. The van der Waals surface area contributed by atoms with Crippen LogP contribution in [-0.4, -0.2) is 23.7 Å². The van der Waals surface area contributed by atoms with E-state index in [2.05, 4.69) is 28.8 Å². The van der Waals surface area contributed by atoms with Crippen LogP contribution in [0.2, 0.25) is 0 Å². The van der Waals surface area contributed by atoms with Gasteiger partial charge in [0.05, 0.1) is 15.2 Å². The number of benzene rings is 3. The Kier molecular flexibility index (Phi) is 5.18. The van der Waals surface area contributed by atoms with Crippen molar-refractivity contribution in [2.75, 3.05) is 17.4 Å². The molecule has 2 heterocycles. The van der Waals surface area contributed by atoms with E-state index in [9.17, 15) is 4.79 Å². The summed E-state index contributed by atoms with van der Waals surface area (Å²) < 4.78 is 11.9. The van der Waals surface area contributed by atoms with E-state index in [1.807, 2.05) is 37.3 Å². The first-order valence-corrected chi connectivity index (χ1v) is 10.9. The summed E-state index contributed by atoms with van der Waals surface area (Å²) in [4.78, 5) is 17.3. The van der Waals surface area contributed by atoms with Crippen molar-refractivity contribution in [1.29, 1.82) is 0 Å². The molecule has 2 N–H and O–H groups in total. The van der Waals surface area contributed by atoms with Crippen molar-refractivity contribution in [3.05, 3.63) is 77.3 Å². The molecular weight excluding hydrogens is 410 g/mol. The molecule has 1 atom stereocenters. The first kappa shape index (κ1) is 19.4. The topological polar surface area (TPSA) is 72.5 Å². The van der Waals surface area contributed by atoms with Gasteiger partial charge in [0, 0.05) is 23.9 Å². The van der Waals surface area contributed by atoms with Crippen LogP contribution >= 0.6 is 11.3 Å². The standard InChI is InChI=1S/C24H21N3O3S/c1-15(24(28)26-18-10-11-20-21(13-18)30-14-29-20)25-17-8-6-16(7-9-17)12-23-27-19-4-2-3-5-22(19)31-23/h2-11,13,15,25H,12,14H2,1H3,(H,26,28)/t15-/m1/s1. The second-order valence-corrected chi connectivity index (χ2v) is 8.49. The van der Waals surface area contributed by atoms with Crippen LogP contribution in [0.15, 0.2) is 66.7 Å². The second kappa shape index (κ2) is 8.28. The van der Waals surface area contributed by atoms with Gasteiger partial charge in [-0.3, -0.25) is 4.79 Å². The Morgan fingerprint density at radius 2 is 1.81 bits per heavy atom. The minimum Gasteiger partial charge on any atom is -0.454 e. The monoisotopic (exact) mass is 431 g/mol. The molecule has 1 amide bonds. The van der Waals surface area contributed by atoms with E-state index in [-0.39, 0.29) is 12.7 Å². The van der Waals surface area contributed by atoms with Crippen molar-refractivity contribution in [3.8, 4) is 11.5 Å². The maximum Gasteiger partial charge on any atom is 0.246 e. The molecule has 31 heavy (non-hydrogen) atoms. The number of aromatic nitrogens is 1. The molecule has 0 saturated heterocycles. The molecule has 7 heteroatoms. The molecule has 1 aromatic heterocycles. The molecule has 1 aliphatic heterocycles. The summed E-state index contributed by atoms with van der Waals surface area (Å²) in [6, 6.07) is 21.3. The minimum absolute atomic E-state index is 0.127. The Bertz CT molecular complexity index is 1200. The molecule has 0 fully saturated rings. The molecule has 0 saturated carbocycles. The number of hydrogen-bond acceptors (Lipinski definition) is 6. The van der Waals surface area contributed by atoms with Crippen LogP contribution < -0.4 is 20.1 Å². The zero-order valence-corrected chi connectivity index (χ0v) is 17.7. The quantitative estimate of drug-likeness (QED) is 0.447. The number of carbonyl (C=O) groups excluding carboxylic acids is 1. The van der Waals surface area contributed by atoms with Crippen molar-refractivity contribution >= 4 is 38.8 Å². The van der Waals surface area contributed by atoms with Crippen molar-refractivity contribution in [2.45, 2.75) is 19.4 Å². The summed E-state index contributed by atoms with van der Waals surface area (Å²) in [6.07, 6.45) is 0.791. The SMILES string of the molecule is C[C@@H](Nc1ccc(Cc2nc3ccccc3s2)cc1)C(=O)Nc1ccc2c(c1)OCO2. The number of nitrogens with one attached hydrogen (secondary N) is 2. The van der Waals surface area contributed by atoms with E-state index in [0.717, 1.165) is 22.6 Å². The van der Waals surface area contributed by atoms with Gasteiger partial charge >= 0.3 is 0 Å². The lowest BCUT2D eigenvalue weighted by atomic mass is 10.1. The molecule has 0 aliphatic carbocycles. The molecule has 5 rings (SSSR count). The summed E-state index contributed by atoms with van der Waals surface area (Å²) in [7, 11) is 0. The van der Waals surface area contributed by atoms with Crippen LogP contribution in [0.1, 0.15) is 17.5 Å². The summed E-state index contributed by atoms with van der Waals surface area (Å²) in [5.74, 6) is 1.20. The number of carbonyl (C=O) groups is 1. The van der Waals surface area contributed by atoms with E-state index in [4.69, 9.17) is 14.5 Å². The Labute approximate surface area is 183 Å². The lowest BCUT2D eigenvalue weighted by molar-refractivity contribution is -0.116. The van der Waals surface area contributed by atoms with Gasteiger partial charge in [-0.25, -0.2) is 4.98 Å². The average molecular weight is 432 g/mol. The molecule has 0 spiro atoms. The predicted octanol–water partition coefficient (Wildman–Crippen LogP) is 5.05. The van der Waals surface area contributed by atoms with Crippen LogP contribution in [0.25, 0.3) is 10.2 Å². The third kappa shape index (κ3) is 4.32. The highest BCUT2D eigenvalue weighted by molar-refractivity contribution is 7.18. The normalized spacial score (nSPS) is 13.2. The highest BCUT2D eigenvalue weighted by atomic mass is 32.1. The van der Waals surface area contributed by atoms with E-state index in [1.165, 1.54) is 10.3 Å². The Morgan fingerprint density at radius 1 is 1.03 bits per heavy atom. The van der Waals surface area contributed by atoms with Crippen LogP contribution in [0.3, 0.4) is 0 Å². The number of para-hydroxylation sites is 1. The van der Waals surface area contributed by atoms with Gasteiger partial charge in [-0.2, -0.15) is 0 Å². The molecule has 1 aliphatic rings. The van der Waals surface area contributed by atoms with E-state index in [1.54, 1.807) is 29.5 Å². The summed E-state index contributed by atoms with van der Waals surface area (Å²) in [5, 5.41) is 7.25. The van der Waals surface area contributed by atoms with Gasteiger partial charge < -0.3 is 20.1 Å². The zero-order valence-electron chi connectivity index (χ0n) is 16.9. The summed E-state index contributed by atoms with van der Waals surface area (Å²) in [5.41, 5.74) is 3.79. The number of hydrogen-bond donors (Lipinski definition) is 2. The Morgan fingerprint density at radius 3 is 2.65 bits per heavy atom. The lowest BCUT2D eigenvalue weighted by Gasteiger charge is -2.16. The molecule has 6 nitrogen and oxygen atoms in total. The van der Waals surface area contributed by atoms with Crippen LogP contribution in [-0.2, 0) is 11.2 Å². The number of fused-ring (bicyclic) bond motifs is 2. The van der Waals surface area contributed by atoms with Gasteiger partial charge in [0.2, 0.25) is 12.7 Å². The van der Waals surface area contributed by atoms with Gasteiger partial charge in [0.1, 0.15) is 6.04 Å². The number of nitrogens with zero attached hydrogens (tertiary/aromatic N) is 1. The van der Waals surface area contributed by atoms with Gasteiger partial charge in [-0.15, -0.1) is 11.3 Å². The first-order chi connectivity index (χ1) is 15.1. The number of thiazole rings is 1. The molecule has 4 aromatic rings. The van der Waals surface area contributed by atoms with Crippen LogP contribution in [0.4, 0.5) is 11.4 Å². The van der Waals surface area contributed by atoms with Crippen molar-refractivity contribution in [1.82, 2.24) is 4.98 Å². The second-order valence-electron chi connectivity index (χ2n) is 7.37. The number of rotatable bonds is 6. The van der Waals surface area contributed by atoms with Crippen LogP contribution in [0.5, 0.6) is 11.5 Å². The van der Waals surface area contributed by atoms with E-state index >= 15 is 0 Å². The molecule has 0 bridgehead atoms. The molecule has 3 aromatic carbocycles. The van der Waals surface area contributed by atoms with Crippen molar-refractivity contribution in [2.24, 2.45) is 0 Å². The average Bonchev–Trinajstić information content (AvgIpc) is 3.40. The molecule has 0 unspecified atom stereocenters. The van der Waals surface area contributed by atoms with Gasteiger partial charge in [-0.1, -0.05) is 24.3 Å². The fraction of sp³-hybridized carbons (Fsp3) is 0.167. The van der Waals surface area contributed by atoms with Crippen molar-refractivity contribution < 1.29 is 14.3 Å². The Hall–Kier alpha value is -3.58. The van der Waals surface area contributed by atoms with E-state index in [0.29, 0.717) is 17.2 Å². The van der Waals surface area contributed by atoms with Crippen LogP contribution in [0, 0.1) is 0 Å². The Balaban J connectivity index is 1.19. The zero-order chi connectivity index (χ0) is 21.2. The third-order valence-corrected chi connectivity index (χ3v) is 6.10. The van der Waals surface area contributed by atoms with Crippen molar-refractivity contribution in [3.63, 3.8) is 0 Å². The van der Waals surface area contributed by atoms with Gasteiger partial charge in [0.15, 0.2) is 11.5 Å².